The Morgan fingerprint density at radius 2 is 2.20 bits per heavy atom. The van der Waals surface area contributed by atoms with Crippen molar-refractivity contribution in [3.05, 3.63) is 17.0 Å². The van der Waals surface area contributed by atoms with Crippen LogP contribution in [-0.4, -0.2) is 69.6 Å². The minimum Gasteiger partial charge on any atom is -0.382 e. The van der Waals surface area contributed by atoms with E-state index in [1.165, 1.54) is 5.56 Å². The lowest BCUT2D eigenvalue weighted by molar-refractivity contribution is 0.0536. The highest BCUT2D eigenvalue weighted by Gasteiger charge is 2.24. The molecule has 25 heavy (non-hydrogen) atoms. The zero-order chi connectivity index (χ0) is 17.4. The third-order valence-electron chi connectivity index (χ3n) is 4.42. The van der Waals surface area contributed by atoms with Crippen LogP contribution in [0.25, 0.3) is 0 Å². The number of hydrogen-bond acceptors (Lipinski definition) is 5. The zero-order valence-electron chi connectivity index (χ0n) is 15.7. The summed E-state index contributed by atoms with van der Waals surface area (Å²) in [6.45, 7) is 8.87. The highest BCUT2D eigenvalue weighted by atomic mass is 127. The van der Waals surface area contributed by atoms with Crippen LogP contribution in [0.15, 0.2) is 9.52 Å². The number of ether oxygens (including phenoxy) is 2. The van der Waals surface area contributed by atoms with Crippen LogP contribution < -0.4 is 5.32 Å². The summed E-state index contributed by atoms with van der Waals surface area (Å²) >= 11 is 0. The quantitative estimate of drug-likeness (QED) is 0.274. The molecule has 0 radical (unpaired) electrons. The van der Waals surface area contributed by atoms with Crippen molar-refractivity contribution < 1.29 is 14.0 Å². The average Bonchev–Trinajstić information content (AvgIpc) is 3.17. The van der Waals surface area contributed by atoms with Gasteiger partial charge in [0.25, 0.3) is 0 Å². The number of likely N-dealkylation sites (tertiary alicyclic amines) is 1. The molecule has 0 aliphatic carbocycles. The van der Waals surface area contributed by atoms with Crippen molar-refractivity contribution in [2.45, 2.75) is 26.7 Å². The monoisotopic (exact) mass is 466 g/mol. The van der Waals surface area contributed by atoms with Crippen LogP contribution in [0.2, 0.25) is 0 Å². The van der Waals surface area contributed by atoms with Crippen molar-refractivity contribution in [3.63, 3.8) is 0 Å². The molecule has 1 atom stereocenters. The Kier molecular flexibility index (Phi) is 10.4. The van der Waals surface area contributed by atoms with Gasteiger partial charge in [-0.2, -0.15) is 0 Å². The molecule has 8 heteroatoms. The van der Waals surface area contributed by atoms with Gasteiger partial charge in [0, 0.05) is 45.3 Å². The van der Waals surface area contributed by atoms with Crippen molar-refractivity contribution in [2.75, 3.05) is 53.6 Å². The summed E-state index contributed by atoms with van der Waals surface area (Å²) in [7, 11) is 3.53. The molecule has 1 fully saturated rings. The summed E-state index contributed by atoms with van der Waals surface area (Å²) in [5.41, 5.74) is 2.16. The molecule has 0 amide bonds. The fourth-order valence-corrected chi connectivity index (χ4v) is 3.04. The summed E-state index contributed by atoms with van der Waals surface area (Å²) in [5, 5.41) is 7.44. The first kappa shape index (κ1) is 22.2. The second kappa shape index (κ2) is 11.7. The fraction of sp³-hybridized carbons (Fsp3) is 0.765. The maximum absolute atomic E-state index is 5.65. The zero-order valence-corrected chi connectivity index (χ0v) is 18.0. The third kappa shape index (κ3) is 6.74. The van der Waals surface area contributed by atoms with E-state index in [1.54, 1.807) is 7.11 Å². The van der Waals surface area contributed by atoms with E-state index in [0.717, 1.165) is 56.5 Å². The van der Waals surface area contributed by atoms with Gasteiger partial charge in [-0.3, -0.25) is 4.99 Å². The van der Waals surface area contributed by atoms with Crippen molar-refractivity contribution in [1.29, 1.82) is 0 Å². The molecule has 0 spiro atoms. The van der Waals surface area contributed by atoms with Crippen molar-refractivity contribution >= 4 is 29.9 Å². The van der Waals surface area contributed by atoms with Crippen LogP contribution in [0.4, 0.5) is 0 Å². The van der Waals surface area contributed by atoms with Crippen LogP contribution in [0, 0.1) is 19.8 Å². The highest BCUT2D eigenvalue weighted by Crippen LogP contribution is 2.17. The highest BCUT2D eigenvalue weighted by molar-refractivity contribution is 14.0. The Labute approximate surface area is 167 Å². The lowest BCUT2D eigenvalue weighted by Crippen LogP contribution is -2.41. The van der Waals surface area contributed by atoms with Gasteiger partial charge in [-0.15, -0.1) is 24.0 Å². The predicted molar refractivity (Wildman–Crippen MR) is 109 cm³/mol. The molecule has 0 bridgehead atoms. The number of aliphatic imine (C=N–C) groups is 1. The van der Waals surface area contributed by atoms with E-state index in [4.69, 9.17) is 14.0 Å². The van der Waals surface area contributed by atoms with Crippen molar-refractivity contribution in [2.24, 2.45) is 10.9 Å². The molecule has 1 aliphatic heterocycles. The minimum absolute atomic E-state index is 0. The van der Waals surface area contributed by atoms with Gasteiger partial charge in [0.1, 0.15) is 5.76 Å². The van der Waals surface area contributed by atoms with Crippen LogP contribution in [-0.2, 0) is 15.9 Å². The Hall–Kier alpha value is -0.870. The predicted octanol–water partition coefficient (Wildman–Crippen LogP) is 2.01. The van der Waals surface area contributed by atoms with Crippen molar-refractivity contribution in [3.8, 4) is 0 Å². The largest absolute Gasteiger partial charge is 0.382 e. The number of guanidine groups is 1. The normalized spacial score (nSPS) is 17.7. The molecule has 0 saturated carbocycles. The topological polar surface area (TPSA) is 72.1 Å². The smallest absolute Gasteiger partial charge is 0.193 e. The van der Waals surface area contributed by atoms with Crippen LogP contribution >= 0.6 is 24.0 Å². The number of hydrogen-bond donors (Lipinski definition) is 1. The molecule has 1 aromatic rings. The molecule has 1 unspecified atom stereocenters. The second-order valence-electron chi connectivity index (χ2n) is 6.20. The van der Waals surface area contributed by atoms with Gasteiger partial charge in [0.05, 0.1) is 25.5 Å². The number of aromatic nitrogens is 1. The Morgan fingerprint density at radius 3 is 2.84 bits per heavy atom. The molecule has 1 saturated heterocycles. The second-order valence-corrected chi connectivity index (χ2v) is 6.20. The first-order chi connectivity index (χ1) is 11.7. The first-order valence-corrected chi connectivity index (χ1v) is 8.59. The summed E-state index contributed by atoms with van der Waals surface area (Å²) in [6, 6.07) is 0. The number of aryl methyl sites for hydroxylation is 2. The molecule has 2 rings (SSSR count). The van der Waals surface area contributed by atoms with Gasteiger partial charge < -0.3 is 24.2 Å². The molecule has 144 valence electrons. The Bertz CT molecular complexity index is 516. The molecular weight excluding hydrogens is 435 g/mol. The number of halogens is 1. The number of nitrogens with one attached hydrogen (secondary N) is 1. The summed E-state index contributed by atoms with van der Waals surface area (Å²) < 4.78 is 15.9. The Balaban J connectivity index is 0.00000312. The standard InChI is InChI=1S/C17H30N4O3.HI/c1-13-16(14(2)24-20-13)5-7-19-17(18-3)21-8-6-15(11-21)12-23-10-9-22-4;/h15H,5-12H2,1-4H3,(H,18,19);1H. The fourth-order valence-electron chi connectivity index (χ4n) is 3.04. The number of methoxy groups -OCH3 is 1. The van der Waals surface area contributed by atoms with Crippen LogP contribution in [0.5, 0.6) is 0 Å². The Morgan fingerprint density at radius 1 is 1.40 bits per heavy atom. The maximum Gasteiger partial charge on any atom is 0.193 e. The summed E-state index contributed by atoms with van der Waals surface area (Å²) in [4.78, 5) is 6.71. The maximum atomic E-state index is 5.65. The lowest BCUT2D eigenvalue weighted by Gasteiger charge is -2.21. The van der Waals surface area contributed by atoms with Gasteiger partial charge in [0.15, 0.2) is 5.96 Å². The lowest BCUT2D eigenvalue weighted by atomic mass is 10.1. The SMILES string of the molecule is CN=C(NCCc1c(C)noc1C)N1CCC(COCCOC)C1.I. The molecule has 2 heterocycles. The van der Waals surface area contributed by atoms with Gasteiger partial charge in [-0.1, -0.05) is 5.16 Å². The number of nitrogens with zero attached hydrogens (tertiary/aromatic N) is 3. The molecule has 1 aromatic heterocycles. The van der Waals surface area contributed by atoms with Gasteiger partial charge in [-0.25, -0.2) is 0 Å². The van der Waals surface area contributed by atoms with E-state index in [0.29, 0.717) is 19.1 Å². The van der Waals surface area contributed by atoms with Crippen LogP contribution in [0.3, 0.4) is 0 Å². The molecule has 1 N–H and O–H groups in total. The van der Waals surface area contributed by atoms with E-state index < -0.39 is 0 Å². The van der Waals surface area contributed by atoms with Crippen molar-refractivity contribution in [1.82, 2.24) is 15.4 Å². The van der Waals surface area contributed by atoms with Gasteiger partial charge in [-0.05, 0) is 26.7 Å². The van der Waals surface area contributed by atoms with E-state index in [-0.39, 0.29) is 24.0 Å². The average molecular weight is 466 g/mol. The summed E-state index contributed by atoms with van der Waals surface area (Å²) in [5.74, 6) is 2.42. The summed E-state index contributed by atoms with van der Waals surface area (Å²) in [6.07, 6.45) is 2.02. The molecular formula is C17H31IN4O3. The molecule has 1 aliphatic rings. The van der Waals surface area contributed by atoms with E-state index in [9.17, 15) is 0 Å². The van der Waals surface area contributed by atoms with Gasteiger partial charge >= 0.3 is 0 Å². The minimum atomic E-state index is 0. The van der Waals surface area contributed by atoms with Gasteiger partial charge in [0.2, 0.25) is 0 Å². The van der Waals surface area contributed by atoms with E-state index in [2.05, 4.69) is 20.4 Å². The number of rotatable bonds is 8. The molecule has 7 nitrogen and oxygen atoms in total. The van der Waals surface area contributed by atoms with E-state index in [1.807, 2.05) is 20.9 Å². The molecule has 0 aromatic carbocycles. The van der Waals surface area contributed by atoms with E-state index >= 15 is 0 Å². The first-order valence-electron chi connectivity index (χ1n) is 8.59. The third-order valence-corrected chi connectivity index (χ3v) is 4.42. The van der Waals surface area contributed by atoms with Crippen LogP contribution in [0.1, 0.15) is 23.4 Å².